The van der Waals surface area contributed by atoms with Crippen LogP contribution in [0, 0.1) is 30.6 Å². The van der Waals surface area contributed by atoms with Gasteiger partial charge in [-0.3, -0.25) is 15.1 Å². The number of Topliss-reactive ketones (excluding diaryl/α,β-unsaturated/α-hetero) is 1. The maximum Gasteiger partial charge on any atom is 0.178 e. The molecule has 1 spiro atoms. The van der Waals surface area contributed by atoms with Crippen molar-refractivity contribution in [3.8, 4) is 11.1 Å². The predicted octanol–water partition coefficient (Wildman–Crippen LogP) is 5.60. The quantitative estimate of drug-likeness (QED) is 0.137. The molecule has 3 N–H and O–H groups in total. The number of benzene rings is 1. The van der Waals surface area contributed by atoms with Crippen molar-refractivity contribution >= 4 is 51.5 Å². The molecular formula is C37H49BrN8O3. The Morgan fingerprint density at radius 1 is 1.08 bits per heavy atom. The van der Waals surface area contributed by atoms with E-state index < -0.39 is 0 Å². The van der Waals surface area contributed by atoms with E-state index >= 15 is 0 Å². The number of nitrogens with zero attached hydrogens (tertiary/aromatic N) is 5. The Bertz CT molecular complexity index is 1600. The van der Waals surface area contributed by atoms with Crippen LogP contribution in [0.3, 0.4) is 0 Å². The summed E-state index contributed by atoms with van der Waals surface area (Å²) in [6, 6.07) is 9.43. The number of aldehydes is 2. The lowest BCUT2D eigenvalue weighted by Gasteiger charge is -2.49. The average molecular weight is 734 g/mol. The molecule has 3 aromatic rings. The average Bonchev–Trinajstić information content (AvgIpc) is 3.72. The summed E-state index contributed by atoms with van der Waals surface area (Å²) in [6.07, 6.45) is 12.1. The minimum absolute atomic E-state index is 0.108. The maximum absolute atomic E-state index is 11.5. The van der Waals surface area contributed by atoms with Gasteiger partial charge in [-0.15, -0.1) is 0 Å². The molecule has 3 fully saturated rings. The highest BCUT2D eigenvalue weighted by molar-refractivity contribution is 9.10. The molecular weight excluding hydrogens is 684 g/mol. The number of likely N-dealkylation sites (N-methyl/N-ethyl adjacent to an activating group) is 1. The highest BCUT2D eigenvalue weighted by atomic mass is 79.9. The first-order valence-electron chi connectivity index (χ1n) is 16.9. The Hall–Kier alpha value is -3.87. The number of rotatable bonds is 10. The Morgan fingerprint density at radius 2 is 1.78 bits per heavy atom. The molecule has 12 heteroatoms. The molecule has 0 amide bonds. The number of carbonyl (C=O) groups excluding carboxylic acids is 3. The zero-order chi connectivity index (χ0) is 35.6. The molecule has 3 aliphatic rings. The zero-order valence-corrected chi connectivity index (χ0v) is 30.8. The van der Waals surface area contributed by atoms with E-state index in [9.17, 15) is 14.4 Å². The summed E-state index contributed by atoms with van der Waals surface area (Å²) >= 11 is 3.29. The van der Waals surface area contributed by atoms with Gasteiger partial charge in [-0.1, -0.05) is 25.0 Å². The van der Waals surface area contributed by atoms with Crippen LogP contribution >= 0.6 is 15.9 Å². The van der Waals surface area contributed by atoms with E-state index in [0.717, 1.165) is 52.6 Å². The first-order chi connectivity index (χ1) is 23.5. The summed E-state index contributed by atoms with van der Waals surface area (Å²) in [4.78, 5) is 50.2. The molecule has 4 heterocycles. The Morgan fingerprint density at radius 3 is 2.35 bits per heavy atom. The highest BCUT2D eigenvalue weighted by Gasteiger charge is 2.45. The van der Waals surface area contributed by atoms with Gasteiger partial charge in [-0.05, 0) is 96.7 Å². The maximum atomic E-state index is 11.5. The summed E-state index contributed by atoms with van der Waals surface area (Å²) < 4.78 is 0.863. The molecule has 1 aromatic carbocycles. The third kappa shape index (κ3) is 10.3. The number of halogens is 1. The first-order valence-corrected chi connectivity index (χ1v) is 17.7. The van der Waals surface area contributed by atoms with Gasteiger partial charge in [-0.2, -0.15) is 0 Å². The van der Waals surface area contributed by atoms with Gasteiger partial charge in [0.15, 0.2) is 5.78 Å². The fraction of sp³-hybridized carbons (Fsp3) is 0.486. The van der Waals surface area contributed by atoms with Crippen molar-refractivity contribution < 1.29 is 14.4 Å². The van der Waals surface area contributed by atoms with Crippen molar-refractivity contribution in [2.45, 2.75) is 58.9 Å². The second kappa shape index (κ2) is 17.7. The number of aromatic nitrogens is 3. The van der Waals surface area contributed by atoms with E-state index in [1.165, 1.54) is 52.2 Å². The van der Waals surface area contributed by atoms with Gasteiger partial charge in [0, 0.05) is 69.4 Å². The fourth-order valence-electron chi connectivity index (χ4n) is 6.99. The Kier molecular flexibility index (Phi) is 13.7. The van der Waals surface area contributed by atoms with E-state index in [1.54, 1.807) is 31.5 Å². The molecule has 1 aliphatic carbocycles. The van der Waals surface area contributed by atoms with Crippen LogP contribution in [0.25, 0.3) is 11.1 Å². The number of hydrogen-bond acceptors (Lipinski definition) is 11. The number of likely N-dealkylation sites (tertiary alicyclic amines) is 2. The summed E-state index contributed by atoms with van der Waals surface area (Å²) in [5, 5.41) is 13.8. The van der Waals surface area contributed by atoms with Crippen LogP contribution in [0.5, 0.6) is 0 Å². The molecule has 2 aliphatic heterocycles. The third-order valence-corrected chi connectivity index (χ3v) is 10.0. The van der Waals surface area contributed by atoms with E-state index in [0.29, 0.717) is 28.4 Å². The van der Waals surface area contributed by atoms with Crippen molar-refractivity contribution in [3.05, 3.63) is 64.3 Å². The van der Waals surface area contributed by atoms with Crippen molar-refractivity contribution in [1.82, 2.24) is 24.8 Å². The number of aryl methyl sites for hydroxylation is 2. The lowest BCUT2D eigenvalue weighted by atomic mass is 9.78. The lowest BCUT2D eigenvalue weighted by molar-refractivity contribution is -0.111. The molecule has 2 saturated heterocycles. The molecule has 6 rings (SSSR count). The number of anilines is 2. The van der Waals surface area contributed by atoms with Crippen LogP contribution < -0.4 is 10.6 Å². The summed E-state index contributed by atoms with van der Waals surface area (Å²) in [5.41, 5.74) is 4.39. The largest absolute Gasteiger partial charge is 0.378 e. The van der Waals surface area contributed by atoms with Gasteiger partial charge in [0.1, 0.15) is 34.5 Å². The summed E-state index contributed by atoms with van der Waals surface area (Å²) in [7, 11) is 3.94. The van der Waals surface area contributed by atoms with Gasteiger partial charge in [0.25, 0.3) is 0 Å². The Labute approximate surface area is 298 Å². The standard InChI is InChI=1S/C16H16N4O2.C14H24N2O.C7H9BrN2/c1-10(22)16(17)14-7-12(3-4-15(14)18-5-6-21)13-8-19-11(2)20-9-13;1-15-7-12(6-13(15)9-17)8-16-10-14(11-16)4-2-3-5-14;1-5-3-4-6(8)10-7(5)9-2/h3-4,6-9,17-18H,5H2,1-2H3;9,12-13H,2-8,10-11H2,1H3;3-4H,1-2H3,(H,9,10). The number of nitrogens with one attached hydrogen (secondary N) is 3. The van der Waals surface area contributed by atoms with Crippen LogP contribution in [0.1, 0.15) is 56.0 Å². The van der Waals surface area contributed by atoms with Gasteiger partial charge in [-0.25, -0.2) is 15.0 Å². The van der Waals surface area contributed by atoms with Gasteiger partial charge in [0.2, 0.25) is 0 Å². The first kappa shape index (κ1) is 37.9. The second-order valence-electron chi connectivity index (χ2n) is 13.4. The van der Waals surface area contributed by atoms with Gasteiger partial charge >= 0.3 is 0 Å². The van der Waals surface area contributed by atoms with E-state index in [4.69, 9.17) is 5.41 Å². The van der Waals surface area contributed by atoms with Crippen LogP contribution in [0.15, 0.2) is 47.3 Å². The van der Waals surface area contributed by atoms with Crippen LogP contribution in [-0.4, -0.2) is 102 Å². The van der Waals surface area contributed by atoms with Crippen molar-refractivity contribution in [3.63, 3.8) is 0 Å². The van der Waals surface area contributed by atoms with Crippen LogP contribution in [0.4, 0.5) is 11.5 Å². The Balaban J connectivity index is 0.000000177. The minimum atomic E-state index is -0.341. The molecule has 11 nitrogen and oxygen atoms in total. The molecule has 0 radical (unpaired) electrons. The number of carbonyl (C=O) groups is 3. The number of ketones is 1. The zero-order valence-electron chi connectivity index (χ0n) is 29.3. The lowest BCUT2D eigenvalue weighted by Crippen LogP contribution is -2.56. The molecule has 49 heavy (non-hydrogen) atoms. The van der Waals surface area contributed by atoms with Crippen molar-refractivity contribution in [2.75, 3.05) is 57.5 Å². The molecule has 2 unspecified atom stereocenters. The second-order valence-corrected chi connectivity index (χ2v) is 14.2. The normalized spacial score (nSPS) is 19.5. The van der Waals surface area contributed by atoms with Gasteiger partial charge < -0.3 is 25.1 Å². The van der Waals surface area contributed by atoms with Crippen LogP contribution in [0.2, 0.25) is 0 Å². The molecule has 0 bridgehead atoms. The van der Waals surface area contributed by atoms with Crippen LogP contribution in [-0.2, 0) is 14.4 Å². The summed E-state index contributed by atoms with van der Waals surface area (Å²) in [5.74, 6) is 1.97. The molecule has 2 atom stereocenters. The third-order valence-electron chi connectivity index (χ3n) is 9.57. The topological polar surface area (TPSA) is 144 Å². The van der Waals surface area contributed by atoms with Gasteiger partial charge in [0.05, 0.1) is 12.6 Å². The van der Waals surface area contributed by atoms with Crippen molar-refractivity contribution in [2.24, 2.45) is 11.3 Å². The van der Waals surface area contributed by atoms with Crippen molar-refractivity contribution in [1.29, 1.82) is 5.41 Å². The number of pyridine rings is 1. The van der Waals surface area contributed by atoms with E-state index in [-0.39, 0.29) is 24.1 Å². The number of hydrogen-bond donors (Lipinski definition) is 3. The van der Waals surface area contributed by atoms with E-state index in [1.807, 2.05) is 32.2 Å². The monoisotopic (exact) mass is 732 g/mol. The minimum Gasteiger partial charge on any atom is -0.378 e. The fourth-order valence-corrected chi connectivity index (χ4v) is 7.30. The smallest absolute Gasteiger partial charge is 0.178 e. The molecule has 262 valence electrons. The summed E-state index contributed by atoms with van der Waals surface area (Å²) in [6.45, 7) is 10.3. The van der Waals surface area contributed by atoms with E-state index in [2.05, 4.69) is 58.4 Å². The molecule has 1 saturated carbocycles. The molecule has 2 aromatic heterocycles. The highest BCUT2D eigenvalue weighted by Crippen LogP contribution is 2.45. The predicted molar refractivity (Wildman–Crippen MR) is 198 cm³/mol. The SMILES string of the molecule is CC(=O)C(=N)c1cc(-c2cnc(C)nc2)ccc1NCC=O.CN1CC(CN2CC3(CCCC3)C2)CC1C=O.CNc1nc(Br)ccc1C.